The lowest BCUT2D eigenvalue weighted by atomic mass is 9.97. The number of aryl methyl sites for hydroxylation is 2. The van der Waals surface area contributed by atoms with Crippen LogP contribution in [0.3, 0.4) is 0 Å². The Morgan fingerprint density at radius 3 is 2.33 bits per heavy atom. The number of ether oxygens (including phenoxy) is 1. The molecule has 0 aliphatic carbocycles. The van der Waals surface area contributed by atoms with Gasteiger partial charge in [-0.3, -0.25) is 14.1 Å². The number of fused-ring (bicyclic) bond motifs is 1. The van der Waals surface area contributed by atoms with Crippen LogP contribution < -0.4 is 10.1 Å². The average Bonchev–Trinajstić information content (AvgIpc) is 3.16. The van der Waals surface area contributed by atoms with Crippen molar-refractivity contribution in [3.8, 4) is 5.75 Å². The Balaban J connectivity index is 1.74. The molecule has 40 heavy (non-hydrogen) atoms. The molecule has 1 atom stereocenters. The molecule has 4 rings (SSSR count). The highest BCUT2D eigenvalue weighted by Crippen LogP contribution is 2.33. The Morgan fingerprint density at radius 2 is 1.75 bits per heavy atom. The van der Waals surface area contributed by atoms with Gasteiger partial charge in [-0.15, -0.1) is 0 Å². The van der Waals surface area contributed by atoms with Crippen LogP contribution >= 0.6 is 11.6 Å². The number of hydrogen-bond donors (Lipinski definition) is 2. The zero-order chi connectivity index (χ0) is 29.4. The van der Waals surface area contributed by atoms with Gasteiger partial charge in [0.2, 0.25) is 0 Å². The van der Waals surface area contributed by atoms with Gasteiger partial charge < -0.3 is 15.2 Å². The summed E-state index contributed by atoms with van der Waals surface area (Å²) in [6, 6.07) is 10.4. The van der Waals surface area contributed by atoms with Crippen molar-refractivity contribution in [3.63, 3.8) is 0 Å². The second-order valence-corrected chi connectivity index (χ2v) is 10.8. The molecule has 0 saturated heterocycles. The highest BCUT2D eigenvalue weighted by molar-refractivity contribution is 6.30. The second-order valence-electron chi connectivity index (χ2n) is 10.4. The predicted molar refractivity (Wildman–Crippen MR) is 148 cm³/mol. The third kappa shape index (κ3) is 5.86. The van der Waals surface area contributed by atoms with Crippen LogP contribution in [0.15, 0.2) is 54.7 Å². The van der Waals surface area contributed by atoms with Crippen LogP contribution in [0, 0.1) is 25.5 Å². The molecular formula is C29H29ClF2N4O4. The van der Waals surface area contributed by atoms with Gasteiger partial charge in [-0.2, -0.15) is 0 Å². The van der Waals surface area contributed by atoms with Crippen molar-refractivity contribution in [1.82, 2.24) is 14.3 Å². The summed E-state index contributed by atoms with van der Waals surface area (Å²) in [5, 5.41) is 13.4. The summed E-state index contributed by atoms with van der Waals surface area (Å²) in [5.74, 6) is -1.52. The number of imidazole rings is 1. The largest absolute Gasteiger partial charge is 0.485 e. The van der Waals surface area contributed by atoms with E-state index in [4.69, 9.17) is 16.3 Å². The number of nitrogens with zero attached hydrogens (tertiary/aromatic N) is 3. The number of carboxylic acid groups (broad SMARTS) is 1. The lowest BCUT2D eigenvalue weighted by Gasteiger charge is -2.39. The smallest absolute Gasteiger partial charge is 0.408 e. The van der Waals surface area contributed by atoms with Gasteiger partial charge in [-0.1, -0.05) is 29.8 Å². The summed E-state index contributed by atoms with van der Waals surface area (Å²) in [6.07, 6.45) is 0.446. The fraction of sp³-hybridized carbons (Fsp3) is 0.276. The van der Waals surface area contributed by atoms with Gasteiger partial charge in [0.1, 0.15) is 30.1 Å². The maximum Gasteiger partial charge on any atom is 0.408 e. The van der Waals surface area contributed by atoms with Gasteiger partial charge >= 0.3 is 6.09 Å². The topological polar surface area (TPSA) is 96.2 Å². The zero-order valence-electron chi connectivity index (χ0n) is 22.6. The molecule has 0 aliphatic heterocycles. The highest BCUT2D eigenvalue weighted by Gasteiger charge is 2.39. The van der Waals surface area contributed by atoms with Crippen molar-refractivity contribution < 1.29 is 28.2 Å². The monoisotopic (exact) mass is 570 g/mol. The molecule has 2 aromatic heterocycles. The van der Waals surface area contributed by atoms with E-state index in [1.54, 1.807) is 75.5 Å². The highest BCUT2D eigenvalue weighted by atomic mass is 35.5. The molecule has 210 valence electrons. The SMILES string of the molecule is Cc1cc(OCc2c(F)cccc2F)c2nc(C)c(NC(=O)C(c3ccc(Cl)cc3)N(C(=O)O)C(C)(C)C)n2c1. The van der Waals surface area contributed by atoms with Crippen molar-refractivity contribution in [2.75, 3.05) is 5.32 Å². The quantitative estimate of drug-likeness (QED) is 0.251. The van der Waals surface area contributed by atoms with Crippen LogP contribution in [-0.4, -0.2) is 36.9 Å². The maximum absolute atomic E-state index is 14.2. The molecule has 0 spiro atoms. The van der Waals surface area contributed by atoms with E-state index in [2.05, 4.69) is 10.3 Å². The number of carbonyl (C=O) groups is 2. The van der Waals surface area contributed by atoms with Crippen molar-refractivity contribution in [3.05, 3.63) is 93.8 Å². The Hall–Kier alpha value is -4.18. The van der Waals surface area contributed by atoms with Gasteiger partial charge in [0.25, 0.3) is 5.91 Å². The number of amides is 2. The lowest BCUT2D eigenvalue weighted by Crippen LogP contribution is -2.50. The summed E-state index contributed by atoms with van der Waals surface area (Å²) >= 11 is 6.05. The lowest BCUT2D eigenvalue weighted by molar-refractivity contribution is -0.122. The number of pyridine rings is 1. The predicted octanol–water partition coefficient (Wildman–Crippen LogP) is 6.92. The van der Waals surface area contributed by atoms with Crippen molar-refractivity contribution in [1.29, 1.82) is 0 Å². The average molecular weight is 571 g/mol. The molecule has 0 radical (unpaired) electrons. The van der Waals surface area contributed by atoms with Crippen LogP contribution in [0.1, 0.15) is 49.2 Å². The molecule has 0 saturated carbocycles. The summed E-state index contributed by atoms with van der Waals surface area (Å²) in [5.41, 5.74) is 0.734. The number of carbonyl (C=O) groups excluding carboxylic acids is 1. The molecule has 0 aliphatic rings. The summed E-state index contributed by atoms with van der Waals surface area (Å²) in [4.78, 5) is 31.8. The van der Waals surface area contributed by atoms with Gasteiger partial charge in [0.15, 0.2) is 11.4 Å². The first-order valence-corrected chi connectivity index (χ1v) is 12.8. The molecule has 2 amide bonds. The Kier molecular flexibility index (Phi) is 8.02. The molecule has 11 heteroatoms. The first kappa shape index (κ1) is 28.8. The molecule has 4 aromatic rings. The second kappa shape index (κ2) is 11.1. The number of anilines is 1. The molecule has 2 heterocycles. The van der Waals surface area contributed by atoms with Gasteiger partial charge in [-0.25, -0.2) is 18.6 Å². The van der Waals surface area contributed by atoms with Crippen molar-refractivity contribution in [2.45, 2.75) is 52.8 Å². The Bertz CT molecular complexity index is 1560. The zero-order valence-corrected chi connectivity index (χ0v) is 23.4. The number of aromatic nitrogens is 2. The number of rotatable bonds is 7. The normalized spacial score (nSPS) is 12.3. The van der Waals surface area contributed by atoms with E-state index in [1.807, 2.05) is 0 Å². The Morgan fingerprint density at radius 1 is 1.12 bits per heavy atom. The minimum absolute atomic E-state index is 0.222. The van der Waals surface area contributed by atoms with Gasteiger partial charge in [0.05, 0.1) is 11.3 Å². The molecule has 2 N–H and O–H groups in total. The van der Waals surface area contributed by atoms with E-state index in [0.717, 1.165) is 22.6 Å². The molecule has 1 unspecified atom stereocenters. The number of nitrogens with one attached hydrogen (secondary N) is 1. The third-order valence-corrected chi connectivity index (χ3v) is 6.55. The van der Waals surface area contributed by atoms with Crippen LogP contribution in [0.4, 0.5) is 19.4 Å². The number of benzene rings is 2. The minimum atomic E-state index is -1.27. The fourth-order valence-corrected chi connectivity index (χ4v) is 4.59. The summed E-state index contributed by atoms with van der Waals surface area (Å²) in [6.45, 7) is 8.18. The summed E-state index contributed by atoms with van der Waals surface area (Å²) < 4.78 is 35.7. The first-order chi connectivity index (χ1) is 18.8. The Labute approximate surface area is 235 Å². The molecule has 2 aromatic carbocycles. The van der Waals surface area contributed by atoms with Gasteiger partial charge in [0, 0.05) is 16.8 Å². The standard InChI is InChI=1S/C29H29ClF2N4O4/c1-16-13-23(40-15-20-21(31)7-6-8-22(20)32)26-33-17(2)25(35(26)14-16)34-27(37)24(18-9-11-19(30)12-10-18)36(28(38)39)29(3,4)5/h6-14,24H,15H2,1-5H3,(H,34,37)(H,38,39). The number of hydrogen-bond acceptors (Lipinski definition) is 4. The van der Waals surface area contributed by atoms with E-state index in [0.29, 0.717) is 27.7 Å². The van der Waals surface area contributed by atoms with Crippen LogP contribution in [0.5, 0.6) is 5.75 Å². The molecule has 0 bridgehead atoms. The first-order valence-electron chi connectivity index (χ1n) is 12.4. The third-order valence-electron chi connectivity index (χ3n) is 6.29. The maximum atomic E-state index is 14.2. The van der Waals surface area contributed by atoms with E-state index < -0.39 is 35.2 Å². The van der Waals surface area contributed by atoms with Crippen LogP contribution in [0.25, 0.3) is 5.65 Å². The van der Waals surface area contributed by atoms with Crippen molar-refractivity contribution >= 4 is 35.1 Å². The van der Waals surface area contributed by atoms with E-state index >= 15 is 0 Å². The fourth-order valence-electron chi connectivity index (χ4n) is 4.47. The van der Waals surface area contributed by atoms with Crippen molar-refractivity contribution in [2.24, 2.45) is 0 Å². The summed E-state index contributed by atoms with van der Waals surface area (Å²) in [7, 11) is 0. The van der Waals surface area contributed by atoms with Gasteiger partial charge in [-0.05, 0) is 76.1 Å². The van der Waals surface area contributed by atoms with E-state index in [-0.39, 0.29) is 17.9 Å². The molecule has 0 fully saturated rings. The van der Waals surface area contributed by atoms with E-state index in [1.165, 1.54) is 6.07 Å². The molecule has 8 nitrogen and oxygen atoms in total. The van der Waals surface area contributed by atoms with Crippen LogP contribution in [0.2, 0.25) is 5.02 Å². The van der Waals surface area contributed by atoms with E-state index in [9.17, 15) is 23.5 Å². The molecular weight excluding hydrogens is 542 g/mol. The minimum Gasteiger partial charge on any atom is -0.485 e. The van der Waals surface area contributed by atoms with Crippen LogP contribution in [-0.2, 0) is 11.4 Å². The number of halogens is 3.